The summed E-state index contributed by atoms with van der Waals surface area (Å²) in [6.45, 7) is 9.31. The summed E-state index contributed by atoms with van der Waals surface area (Å²) in [6.07, 6.45) is 9.03. The Bertz CT molecular complexity index is 746. The van der Waals surface area contributed by atoms with E-state index in [2.05, 4.69) is 13.8 Å². The monoisotopic (exact) mass is 418 g/mol. The summed E-state index contributed by atoms with van der Waals surface area (Å²) < 4.78 is 11.4. The molecule has 0 aromatic rings. The molecule has 4 aliphatic carbocycles. The third-order valence-electron chi connectivity index (χ3n) is 9.91. The zero-order chi connectivity index (χ0) is 21.9. The molecule has 0 heterocycles. The average Bonchev–Trinajstić information content (AvgIpc) is 2.97. The molecule has 0 aromatic heterocycles. The van der Waals surface area contributed by atoms with Gasteiger partial charge in [0.25, 0.3) is 0 Å². The summed E-state index contributed by atoms with van der Waals surface area (Å²) in [5.74, 6) is 1.85. The van der Waals surface area contributed by atoms with Gasteiger partial charge in [0.15, 0.2) is 11.4 Å². The highest BCUT2D eigenvalue weighted by molar-refractivity contribution is 5.87. The van der Waals surface area contributed by atoms with Crippen LogP contribution in [0.25, 0.3) is 0 Å². The number of rotatable bonds is 3. The lowest BCUT2D eigenvalue weighted by molar-refractivity contribution is -0.188. The molecule has 8 atom stereocenters. The molecule has 0 spiro atoms. The number of carbonyl (C=O) groups excluding carboxylic acids is 3. The topological polar surface area (TPSA) is 69.7 Å². The summed E-state index contributed by atoms with van der Waals surface area (Å²) in [5, 5.41) is 0. The maximum atomic E-state index is 12.5. The van der Waals surface area contributed by atoms with E-state index in [-0.39, 0.29) is 34.7 Å². The number of fused-ring (bicyclic) bond motifs is 5. The van der Waals surface area contributed by atoms with E-state index >= 15 is 0 Å². The smallest absolute Gasteiger partial charge is 0.303 e. The second-order valence-electron chi connectivity index (χ2n) is 11.2. The number of carbonyl (C=O) groups is 3. The highest BCUT2D eigenvalue weighted by Gasteiger charge is 2.63. The Labute approximate surface area is 180 Å². The second-order valence-corrected chi connectivity index (χ2v) is 11.2. The van der Waals surface area contributed by atoms with Gasteiger partial charge in [0.05, 0.1) is 0 Å². The molecule has 0 aliphatic heterocycles. The van der Waals surface area contributed by atoms with E-state index in [0.29, 0.717) is 36.5 Å². The van der Waals surface area contributed by atoms with Crippen molar-refractivity contribution >= 4 is 17.7 Å². The van der Waals surface area contributed by atoms with Crippen molar-refractivity contribution in [2.75, 3.05) is 0 Å². The molecule has 0 aromatic carbocycles. The van der Waals surface area contributed by atoms with Gasteiger partial charge in [-0.05, 0) is 93.8 Å². The van der Waals surface area contributed by atoms with Gasteiger partial charge in [-0.3, -0.25) is 14.4 Å². The lowest BCUT2D eigenvalue weighted by atomic mass is 9.44. The highest BCUT2D eigenvalue weighted by atomic mass is 16.6. The van der Waals surface area contributed by atoms with Crippen LogP contribution in [0.15, 0.2) is 0 Å². The standard InChI is InChI=1S/C25H38O5/c1-15(26)25(30-17(3)28)13-12-23(4)18(14-25)6-7-19-20-8-9-22(29-16(2)27)24(20,5)11-10-21(19)23/h18-22H,6-14H2,1-5H3/t18-,19-,20-,21-,22-,23-,24-,25+/m0/s1. The molecule has 168 valence electrons. The van der Waals surface area contributed by atoms with E-state index in [1.807, 2.05) is 0 Å². The minimum absolute atomic E-state index is 0.00175. The molecule has 4 fully saturated rings. The first-order valence-corrected chi connectivity index (χ1v) is 11.9. The van der Waals surface area contributed by atoms with Crippen LogP contribution in [-0.2, 0) is 23.9 Å². The summed E-state index contributed by atoms with van der Waals surface area (Å²) >= 11 is 0. The Balaban J connectivity index is 1.56. The fourth-order valence-corrected chi connectivity index (χ4v) is 8.34. The second kappa shape index (κ2) is 7.34. The quantitative estimate of drug-likeness (QED) is 0.613. The van der Waals surface area contributed by atoms with E-state index in [1.54, 1.807) is 6.92 Å². The molecular weight excluding hydrogens is 380 g/mol. The van der Waals surface area contributed by atoms with Gasteiger partial charge in [-0.15, -0.1) is 0 Å². The van der Waals surface area contributed by atoms with E-state index in [0.717, 1.165) is 32.1 Å². The van der Waals surface area contributed by atoms with Gasteiger partial charge in [0.1, 0.15) is 6.10 Å². The molecule has 4 saturated carbocycles. The van der Waals surface area contributed by atoms with Crippen LogP contribution in [0.3, 0.4) is 0 Å². The Morgan fingerprint density at radius 3 is 2.10 bits per heavy atom. The van der Waals surface area contributed by atoms with Crippen LogP contribution in [0.1, 0.15) is 92.4 Å². The summed E-state index contributed by atoms with van der Waals surface area (Å²) in [6, 6.07) is 0. The van der Waals surface area contributed by atoms with Crippen molar-refractivity contribution in [3.63, 3.8) is 0 Å². The largest absolute Gasteiger partial charge is 0.462 e. The van der Waals surface area contributed by atoms with Crippen LogP contribution in [0.4, 0.5) is 0 Å². The van der Waals surface area contributed by atoms with Crippen molar-refractivity contribution in [1.29, 1.82) is 0 Å². The molecule has 0 saturated heterocycles. The van der Waals surface area contributed by atoms with Gasteiger partial charge in [-0.1, -0.05) is 13.8 Å². The Hall–Kier alpha value is -1.39. The lowest BCUT2D eigenvalue weighted by Crippen LogP contribution is -2.58. The first-order valence-electron chi connectivity index (χ1n) is 11.9. The van der Waals surface area contributed by atoms with Gasteiger partial charge in [-0.25, -0.2) is 0 Å². The molecule has 4 rings (SSSR count). The number of ketones is 1. The average molecular weight is 419 g/mol. The lowest BCUT2D eigenvalue weighted by Gasteiger charge is -2.61. The zero-order valence-corrected chi connectivity index (χ0v) is 19.3. The maximum absolute atomic E-state index is 12.5. The highest BCUT2D eigenvalue weighted by Crippen LogP contribution is 2.67. The van der Waals surface area contributed by atoms with Crippen molar-refractivity contribution in [1.82, 2.24) is 0 Å². The van der Waals surface area contributed by atoms with Crippen molar-refractivity contribution in [2.24, 2.45) is 34.5 Å². The van der Waals surface area contributed by atoms with Crippen LogP contribution in [0, 0.1) is 34.5 Å². The van der Waals surface area contributed by atoms with Crippen molar-refractivity contribution in [3.05, 3.63) is 0 Å². The minimum Gasteiger partial charge on any atom is -0.462 e. The first kappa shape index (κ1) is 21.8. The third-order valence-corrected chi connectivity index (χ3v) is 9.91. The van der Waals surface area contributed by atoms with E-state index in [1.165, 1.54) is 26.7 Å². The maximum Gasteiger partial charge on any atom is 0.303 e. The van der Waals surface area contributed by atoms with E-state index in [9.17, 15) is 14.4 Å². The number of ether oxygens (including phenoxy) is 2. The predicted molar refractivity (Wildman–Crippen MR) is 112 cm³/mol. The Kier molecular flexibility index (Phi) is 5.34. The Morgan fingerprint density at radius 2 is 1.47 bits per heavy atom. The van der Waals surface area contributed by atoms with Gasteiger partial charge in [0, 0.05) is 19.3 Å². The molecule has 5 nitrogen and oxygen atoms in total. The minimum atomic E-state index is -0.917. The van der Waals surface area contributed by atoms with Gasteiger partial charge >= 0.3 is 11.9 Å². The van der Waals surface area contributed by atoms with Gasteiger partial charge in [-0.2, -0.15) is 0 Å². The fourth-order valence-electron chi connectivity index (χ4n) is 8.34. The molecule has 4 aliphatic rings. The van der Waals surface area contributed by atoms with Crippen molar-refractivity contribution in [3.8, 4) is 0 Å². The van der Waals surface area contributed by atoms with Crippen molar-refractivity contribution < 1.29 is 23.9 Å². The number of hydrogen-bond donors (Lipinski definition) is 0. The fraction of sp³-hybridized carbons (Fsp3) is 0.880. The van der Waals surface area contributed by atoms with Crippen molar-refractivity contribution in [2.45, 2.75) is 104 Å². The van der Waals surface area contributed by atoms with Gasteiger partial charge < -0.3 is 9.47 Å². The van der Waals surface area contributed by atoms with Gasteiger partial charge in [0.2, 0.25) is 0 Å². The number of Topliss-reactive ketones (excluding diaryl/α,β-unsaturated/α-hetero) is 1. The Morgan fingerprint density at radius 1 is 0.767 bits per heavy atom. The molecule has 0 unspecified atom stereocenters. The summed E-state index contributed by atoms with van der Waals surface area (Å²) in [4.78, 5) is 35.9. The molecule has 5 heteroatoms. The first-order chi connectivity index (χ1) is 14.0. The normalized spacial score (nSPS) is 47.4. The van der Waals surface area contributed by atoms with E-state index in [4.69, 9.17) is 9.47 Å². The molecule has 30 heavy (non-hydrogen) atoms. The third kappa shape index (κ3) is 3.22. The van der Waals surface area contributed by atoms with Crippen LogP contribution >= 0.6 is 0 Å². The molecule has 0 amide bonds. The molecule has 0 radical (unpaired) electrons. The van der Waals surface area contributed by atoms with Crippen LogP contribution in [-0.4, -0.2) is 29.4 Å². The van der Waals surface area contributed by atoms with Crippen LogP contribution < -0.4 is 0 Å². The summed E-state index contributed by atoms with van der Waals surface area (Å²) in [5.41, 5.74) is -0.617. The van der Waals surface area contributed by atoms with Crippen LogP contribution in [0.5, 0.6) is 0 Å². The number of esters is 2. The molecule has 0 N–H and O–H groups in total. The number of hydrogen-bond acceptors (Lipinski definition) is 5. The predicted octanol–water partition coefficient (Wildman–Crippen LogP) is 4.85. The zero-order valence-electron chi connectivity index (χ0n) is 19.3. The molecule has 0 bridgehead atoms. The van der Waals surface area contributed by atoms with Crippen LogP contribution in [0.2, 0.25) is 0 Å². The summed E-state index contributed by atoms with van der Waals surface area (Å²) in [7, 11) is 0. The van der Waals surface area contributed by atoms with E-state index < -0.39 is 5.60 Å². The SMILES string of the molecule is CC(=O)O[C@H]1CC[C@H]2[C@@H]3CC[C@H]4C[C@@](OC(C)=O)(C(C)=O)CC[C@]4(C)[C@H]3CC[C@]12C. The molecular formula is C25H38O5.